The van der Waals surface area contributed by atoms with E-state index in [9.17, 15) is 18.0 Å². The topological polar surface area (TPSA) is 99.9 Å². The maximum Gasteiger partial charge on any atom is 0.349 e. The van der Waals surface area contributed by atoms with E-state index in [1.807, 2.05) is 26.0 Å². The van der Waals surface area contributed by atoms with Crippen molar-refractivity contribution in [2.45, 2.75) is 44.4 Å². The summed E-state index contributed by atoms with van der Waals surface area (Å²) in [5, 5.41) is 3.31. The third-order valence-corrected chi connectivity index (χ3v) is 8.32. The van der Waals surface area contributed by atoms with Gasteiger partial charge in [-0.25, -0.2) is 13.2 Å². The molecule has 1 N–H and O–H groups in total. The van der Waals surface area contributed by atoms with Crippen molar-refractivity contribution in [3.63, 3.8) is 0 Å². The first-order chi connectivity index (χ1) is 16.8. The minimum atomic E-state index is -3.58. The molecule has 9 heteroatoms. The molecule has 0 bridgehead atoms. The number of amides is 1. The lowest BCUT2D eigenvalue weighted by molar-refractivity contribution is 0.102. The van der Waals surface area contributed by atoms with Crippen LogP contribution in [0.1, 0.15) is 49.9 Å². The van der Waals surface area contributed by atoms with E-state index in [1.165, 1.54) is 34.6 Å². The highest BCUT2D eigenvalue weighted by Crippen LogP contribution is 2.24. The van der Waals surface area contributed by atoms with Gasteiger partial charge in [-0.15, -0.1) is 0 Å². The number of fused-ring (bicyclic) bond motifs is 1. The molecule has 1 saturated heterocycles. The van der Waals surface area contributed by atoms with Crippen LogP contribution in [0.15, 0.2) is 62.6 Å². The number of rotatable bonds is 7. The molecule has 1 aliphatic heterocycles. The second kappa shape index (κ2) is 10.6. The zero-order valence-corrected chi connectivity index (χ0v) is 20.9. The highest BCUT2D eigenvalue weighted by Gasteiger charge is 2.25. The summed E-state index contributed by atoms with van der Waals surface area (Å²) < 4.78 is 32.9. The lowest BCUT2D eigenvalue weighted by atomic mass is 10.1. The highest BCUT2D eigenvalue weighted by molar-refractivity contribution is 7.89. The number of carbonyl (C=O) groups is 1. The van der Waals surface area contributed by atoms with Crippen LogP contribution in [0.4, 0.5) is 11.4 Å². The predicted octanol–water partition coefficient (Wildman–Crippen LogP) is 4.46. The molecule has 0 unspecified atom stereocenters. The lowest BCUT2D eigenvalue weighted by Crippen LogP contribution is -2.31. The Labute approximate surface area is 205 Å². The summed E-state index contributed by atoms with van der Waals surface area (Å²) in [7, 11) is -3.58. The SMILES string of the molecule is CCN(CC)c1ccc2cc(C(=O)Nc3ccc(S(=O)(=O)N4CCCCCC4)cc3)c(=O)oc2c1. The Hall–Kier alpha value is -3.17. The van der Waals surface area contributed by atoms with Gasteiger partial charge in [0.1, 0.15) is 11.1 Å². The van der Waals surface area contributed by atoms with Crippen molar-refractivity contribution in [2.75, 3.05) is 36.4 Å². The Morgan fingerprint density at radius 1 is 0.971 bits per heavy atom. The number of carbonyl (C=O) groups excluding carboxylic acids is 1. The summed E-state index contributed by atoms with van der Waals surface area (Å²) in [5.74, 6) is -0.614. The summed E-state index contributed by atoms with van der Waals surface area (Å²) in [4.78, 5) is 27.7. The number of nitrogens with one attached hydrogen (secondary N) is 1. The van der Waals surface area contributed by atoms with E-state index < -0.39 is 21.6 Å². The van der Waals surface area contributed by atoms with Crippen LogP contribution in [0.3, 0.4) is 0 Å². The molecule has 0 spiro atoms. The van der Waals surface area contributed by atoms with Gasteiger partial charge < -0.3 is 14.6 Å². The average Bonchev–Trinajstić information content (AvgIpc) is 3.15. The fourth-order valence-corrected chi connectivity index (χ4v) is 5.90. The van der Waals surface area contributed by atoms with Gasteiger partial charge >= 0.3 is 5.63 Å². The molecule has 35 heavy (non-hydrogen) atoms. The molecule has 186 valence electrons. The molecule has 1 amide bonds. The fraction of sp³-hybridized carbons (Fsp3) is 0.385. The van der Waals surface area contributed by atoms with Crippen LogP contribution >= 0.6 is 0 Å². The largest absolute Gasteiger partial charge is 0.422 e. The summed E-state index contributed by atoms with van der Waals surface area (Å²) >= 11 is 0. The minimum absolute atomic E-state index is 0.116. The second-order valence-electron chi connectivity index (χ2n) is 8.64. The molecule has 1 aliphatic rings. The summed E-state index contributed by atoms with van der Waals surface area (Å²) in [5.41, 5.74) is 0.902. The number of hydrogen-bond acceptors (Lipinski definition) is 6. The first kappa shape index (κ1) is 24.9. The molecule has 0 saturated carbocycles. The van der Waals surface area contributed by atoms with E-state index >= 15 is 0 Å². The van der Waals surface area contributed by atoms with E-state index in [4.69, 9.17) is 4.42 Å². The summed E-state index contributed by atoms with van der Waals surface area (Å²) in [6.45, 7) is 6.79. The number of benzene rings is 2. The smallest absolute Gasteiger partial charge is 0.349 e. The Morgan fingerprint density at radius 2 is 1.63 bits per heavy atom. The van der Waals surface area contributed by atoms with Crippen LogP contribution in [0.2, 0.25) is 0 Å². The van der Waals surface area contributed by atoms with E-state index in [0.29, 0.717) is 29.7 Å². The average molecular weight is 498 g/mol. The van der Waals surface area contributed by atoms with Crippen LogP contribution in [0.5, 0.6) is 0 Å². The number of nitrogens with zero attached hydrogens (tertiary/aromatic N) is 2. The van der Waals surface area contributed by atoms with Gasteiger partial charge in [0.2, 0.25) is 10.0 Å². The van der Waals surface area contributed by atoms with Gasteiger partial charge in [-0.05, 0) is 69.2 Å². The van der Waals surface area contributed by atoms with E-state index in [2.05, 4.69) is 10.2 Å². The van der Waals surface area contributed by atoms with Gasteiger partial charge in [-0.1, -0.05) is 12.8 Å². The molecule has 2 heterocycles. The molecule has 0 aliphatic carbocycles. The maximum absolute atomic E-state index is 13.0. The molecule has 1 fully saturated rings. The standard InChI is InChI=1S/C26H31N3O5S/c1-3-28(4-2)21-12-9-19-17-23(26(31)34-24(19)18-21)25(30)27-20-10-13-22(14-11-20)35(32,33)29-15-7-5-6-8-16-29/h9-14,17-18H,3-8,15-16H2,1-2H3,(H,27,30). The summed E-state index contributed by atoms with van der Waals surface area (Å²) in [6, 6.07) is 13.1. The van der Waals surface area contributed by atoms with Crippen LogP contribution in [0, 0.1) is 0 Å². The normalized spacial score (nSPS) is 15.0. The Morgan fingerprint density at radius 3 is 2.26 bits per heavy atom. The first-order valence-corrected chi connectivity index (χ1v) is 13.5. The molecule has 2 aromatic carbocycles. The summed E-state index contributed by atoms with van der Waals surface area (Å²) in [6.07, 6.45) is 3.80. The van der Waals surface area contributed by atoms with Crippen molar-refractivity contribution in [2.24, 2.45) is 0 Å². The number of anilines is 2. The zero-order chi connectivity index (χ0) is 25.0. The molecule has 0 radical (unpaired) electrons. The minimum Gasteiger partial charge on any atom is -0.422 e. The zero-order valence-electron chi connectivity index (χ0n) is 20.1. The van der Waals surface area contributed by atoms with Crippen LogP contribution in [0.25, 0.3) is 11.0 Å². The Bertz CT molecular complexity index is 1350. The van der Waals surface area contributed by atoms with Crippen LogP contribution in [-0.2, 0) is 10.0 Å². The molecule has 4 rings (SSSR count). The molecule has 3 aromatic rings. The molecular formula is C26H31N3O5S. The van der Waals surface area contributed by atoms with E-state index in [-0.39, 0.29) is 10.5 Å². The van der Waals surface area contributed by atoms with Crippen molar-refractivity contribution < 1.29 is 17.6 Å². The first-order valence-electron chi connectivity index (χ1n) is 12.1. The van der Waals surface area contributed by atoms with Gasteiger partial charge in [0.25, 0.3) is 5.91 Å². The van der Waals surface area contributed by atoms with Gasteiger partial charge in [0.05, 0.1) is 4.90 Å². The molecule has 1 aromatic heterocycles. The number of hydrogen-bond donors (Lipinski definition) is 1. The van der Waals surface area contributed by atoms with Gasteiger partial charge in [-0.3, -0.25) is 4.79 Å². The third kappa shape index (κ3) is 5.41. The quantitative estimate of drug-likeness (QED) is 0.484. The van der Waals surface area contributed by atoms with Crippen molar-refractivity contribution >= 4 is 38.3 Å². The van der Waals surface area contributed by atoms with Crippen molar-refractivity contribution in [3.05, 3.63) is 64.5 Å². The molecule has 8 nitrogen and oxygen atoms in total. The van der Waals surface area contributed by atoms with E-state index in [1.54, 1.807) is 6.07 Å². The number of sulfonamides is 1. The second-order valence-corrected chi connectivity index (χ2v) is 10.6. The van der Waals surface area contributed by atoms with E-state index in [0.717, 1.165) is 44.5 Å². The van der Waals surface area contributed by atoms with Crippen LogP contribution in [-0.4, -0.2) is 44.8 Å². The van der Waals surface area contributed by atoms with Crippen molar-refractivity contribution in [1.29, 1.82) is 0 Å². The highest BCUT2D eigenvalue weighted by atomic mass is 32.2. The van der Waals surface area contributed by atoms with Gasteiger partial charge in [-0.2, -0.15) is 4.31 Å². The van der Waals surface area contributed by atoms with Gasteiger partial charge in [0, 0.05) is 49.0 Å². The Kier molecular flexibility index (Phi) is 7.57. The Balaban J connectivity index is 1.52. The fourth-order valence-electron chi connectivity index (χ4n) is 4.38. The predicted molar refractivity (Wildman–Crippen MR) is 138 cm³/mol. The molecule has 0 atom stereocenters. The van der Waals surface area contributed by atoms with Gasteiger partial charge in [0.15, 0.2) is 0 Å². The maximum atomic E-state index is 13.0. The lowest BCUT2D eigenvalue weighted by Gasteiger charge is -2.21. The third-order valence-electron chi connectivity index (χ3n) is 6.41. The van der Waals surface area contributed by atoms with Crippen LogP contribution < -0.4 is 15.8 Å². The van der Waals surface area contributed by atoms with Crippen molar-refractivity contribution in [3.8, 4) is 0 Å². The molecular weight excluding hydrogens is 466 g/mol. The van der Waals surface area contributed by atoms with Crippen molar-refractivity contribution in [1.82, 2.24) is 4.31 Å². The monoisotopic (exact) mass is 497 g/mol.